The van der Waals surface area contributed by atoms with Gasteiger partial charge in [-0.15, -0.1) is 0 Å². The van der Waals surface area contributed by atoms with Crippen molar-refractivity contribution in [2.45, 2.75) is 19.5 Å². The fraction of sp³-hybridized carbons (Fsp3) is 0.231. The van der Waals surface area contributed by atoms with Gasteiger partial charge in [-0.25, -0.2) is 0 Å². The fourth-order valence-electron chi connectivity index (χ4n) is 1.57. The molecule has 0 saturated heterocycles. The Morgan fingerprint density at radius 3 is 2.76 bits per heavy atom. The van der Waals surface area contributed by atoms with Crippen LogP contribution in [0.1, 0.15) is 24.3 Å². The summed E-state index contributed by atoms with van der Waals surface area (Å²) in [7, 11) is 0. The highest BCUT2D eigenvalue weighted by atomic mass is 35.5. The van der Waals surface area contributed by atoms with Crippen LogP contribution in [0.25, 0.3) is 0 Å². The van der Waals surface area contributed by atoms with Crippen LogP contribution < -0.4 is 5.32 Å². The summed E-state index contributed by atoms with van der Waals surface area (Å²) in [5.74, 6) is 0.912. The molecule has 1 N–H and O–H groups in total. The summed E-state index contributed by atoms with van der Waals surface area (Å²) >= 11 is 11.9. The van der Waals surface area contributed by atoms with Gasteiger partial charge in [0.2, 0.25) is 0 Å². The smallest absolute Gasteiger partial charge is 0.120 e. The molecule has 0 fully saturated rings. The van der Waals surface area contributed by atoms with Crippen molar-refractivity contribution in [1.29, 1.82) is 0 Å². The van der Waals surface area contributed by atoms with Crippen LogP contribution in [0.15, 0.2) is 41.0 Å². The van der Waals surface area contributed by atoms with Crippen LogP contribution in [0.2, 0.25) is 10.0 Å². The van der Waals surface area contributed by atoms with Crippen molar-refractivity contribution >= 4 is 23.2 Å². The molecule has 0 spiro atoms. The highest BCUT2D eigenvalue weighted by molar-refractivity contribution is 6.35. The monoisotopic (exact) mass is 269 g/mol. The summed E-state index contributed by atoms with van der Waals surface area (Å²) < 4.78 is 5.32. The van der Waals surface area contributed by atoms with Gasteiger partial charge in [0, 0.05) is 16.6 Å². The van der Waals surface area contributed by atoms with Gasteiger partial charge < -0.3 is 9.73 Å². The first-order valence-corrected chi connectivity index (χ1v) is 6.13. The SMILES string of the molecule is C[C@H](NCc1ccc(Cl)cc1Cl)c1ccco1. The molecule has 4 heteroatoms. The Bertz CT molecular complexity index is 482. The molecule has 0 unspecified atom stereocenters. The fourth-order valence-corrected chi connectivity index (χ4v) is 2.04. The minimum atomic E-state index is 0.150. The molecule has 2 nitrogen and oxygen atoms in total. The number of hydrogen-bond acceptors (Lipinski definition) is 2. The second-order valence-electron chi connectivity index (χ2n) is 3.85. The number of furan rings is 1. The third kappa shape index (κ3) is 3.25. The first-order chi connectivity index (χ1) is 8.16. The predicted octanol–water partition coefficient (Wildman–Crippen LogP) is 4.44. The normalized spacial score (nSPS) is 12.6. The van der Waals surface area contributed by atoms with Crippen molar-refractivity contribution in [2.24, 2.45) is 0 Å². The van der Waals surface area contributed by atoms with E-state index >= 15 is 0 Å². The summed E-state index contributed by atoms with van der Waals surface area (Å²) in [4.78, 5) is 0. The summed E-state index contributed by atoms with van der Waals surface area (Å²) in [6, 6.07) is 9.48. The topological polar surface area (TPSA) is 25.2 Å². The lowest BCUT2D eigenvalue weighted by Crippen LogP contribution is -2.17. The van der Waals surface area contributed by atoms with E-state index in [2.05, 4.69) is 5.32 Å². The molecule has 1 atom stereocenters. The minimum Gasteiger partial charge on any atom is -0.468 e. The lowest BCUT2D eigenvalue weighted by Gasteiger charge is -2.12. The first-order valence-electron chi connectivity index (χ1n) is 5.37. The second-order valence-corrected chi connectivity index (χ2v) is 4.70. The molecule has 1 aromatic carbocycles. The maximum Gasteiger partial charge on any atom is 0.120 e. The van der Waals surface area contributed by atoms with E-state index in [1.54, 1.807) is 12.3 Å². The zero-order valence-corrected chi connectivity index (χ0v) is 10.9. The number of hydrogen-bond donors (Lipinski definition) is 1. The highest BCUT2D eigenvalue weighted by Crippen LogP contribution is 2.22. The van der Waals surface area contributed by atoms with E-state index in [9.17, 15) is 0 Å². The number of rotatable bonds is 4. The van der Waals surface area contributed by atoms with E-state index < -0.39 is 0 Å². The van der Waals surface area contributed by atoms with E-state index in [1.807, 2.05) is 31.2 Å². The van der Waals surface area contributed by atoms with Crippen LogP contribution in [-0.2, 0) is 6.54 Å². The molecule has 0 aliphatic carbocycles. The molecule has 0 amide bonds. The Morgan fingerprint density at radius 1 is 1.29 bits per heavy atom. The third-order valence-corrected chi connectivity index (χ3v) is 3.17. The second kappa shape index (κ2) is 5.58. The van der Waals surface area contributed by atoms with Gasteiger partial charge in [-0.05, 0) is 36.8 Å². The van der Waals surface area contributed by atoms with Gasteiger partial charge in [-0.1, -0.05) is 29.3 Å². The van der Waals surface area contributed by atoms with Crippen LogP contribution in [0.3, 0.4) is 0 Å². The largest absolute Gasteiger partial charge is 0.468 e. The van der Waals surface area contributed by atoms with E-state index in [1.165, 1.54) is 0 Å². The molecular weight excluding hydrogens is 257 g/mol. The van der Waals surface area contributed by atoms with E-state index in [-0.39, 0.29) is 6.04 Å². The molecule has 2 rings (SSSR count). The van der Waals surface area contributed by atoms with Crippen LogP contribution >= 0.6 is 23.2 Å². The molecule has 0 radical (unpaired) electrons. The van der Waals surface area contributed by atoms with Gasteiger partial charge in [0.15, 0.2) is 0 Å². The lowest BCUT2D eigenvalue weighted by atomic mass is 10.2. The maximum atomic E-state index is 6.09. The third-order valence-electron chi connectivity index (χ3n) is 2.58. The average molecular weight is 270 g/mol. The van der Waals surface area contributed by atoms with Crippen molar-refractivity contribution < 1.29 is 4.42 Å². The quantitative estimate of drug-likeness (QED) is 0.888. The van der Waals surface area contributed by atoms with Crippen molar-refractivity contribution in [3.63, 3.8) is 0 Å². The Kier molecular flexibility index (Phi) is 4.11. The van der Waals surface area contributed by atoms with Crippen molar-refractivity contribution in [3.05, 3.63) is 58.0 Å². The Labute approximate surface area is 111 Å². The maximum absolute atomic E-state index is 6.09. The number of benzene rings is 1. The molecule has 0 aliphatic rings. The zero-order chi connectivity index (χ0) is 12.3. The van der Waals surface area contributed by atoms with Gasteiger partial charge in [0.05, 0.1) is 12.3 Å². The molecule has 2 aromatic rings. The van der Waals surface area contributed by atoms with E-state index in [4.69, 9.17) is 27.6 Å². The van der Waals surface area contributed by atoms with Crippen LogP contribution in [0, 0.1) is 0 Å². The molecule has 1 heterocycles. The standard InChI is InChI=1S/C13H13Cl2NO/c1-9(13-3-2-6-17-13)16-8-10-4-5-11(14)7-12(10)15/h2-7,9,16H,8H2,1H3/t9-/m0/s1. The van der Waals surface area contributed by atoms with Crippen LogP contribution in [-0.4, -0.2) is 0 Å². The number of nitrogens with one attached hydrogen (secondary N) is 1. The molecular formula is C13H13Cl2NO. The van der Waals surface area contributed by atoms with Crippen molar-refractivity contribution in [2.75, 3.05) is 0 Å². The average Bonchev–Trinajstić information content (AvgIpc) is 2.81. The van der Waals surface area contributed by atoms with Gasteiger partial charge >= 0.3 is 0 Å². The van der Waals surface area contributed by atoms with Gasteiger partial charge in [-0.3, -0.25) is 0 Å². The number of halogens is 2. The molecule has 90 valence electrons. The van der Waals surface area contributed by atoms with Crippen molar-refractivity contribution in [3.8, 4) is 0 Å². The molecule has 17 heavy (non-hydrogen) atoms. The van der Waals surface area contributed by atoms with Gasteiger partial charge in [0.25, 0.3) is 0 Å². The van der Waals surface area contributed by atoms with Crippen LogP contribution in [0.5, 0.6) is 0 Å². The molecule has 0 bridgehead atoms. The Hall–Kier alpha value is -0.960. The molecule has 0 aliphatic heterocycles. The minimum absolute atomic E-state index is 0.150. The first kappa shape index (κ1) is 12.5. The Morgan fingerprint density at radius 2 is 2.12 bits per heavy atom. The Balaban J connectivity index is 1.98. The van der Waals surface area contributed by atoms with Crippen molar-refractivity contribution in [1.82, 2.24) is 5.32 Å². The van der Waals surface area contributed by atoms with E-state index in [0.29, 0.717) is 16.6 Å². The predicted molar refractivity (Wildman–Crippen MR) is 70.4 cm³/mol. The highest BCUT2D eigenvalue weighted by Gasteiger charge is 2.08. The lowest BCUT2D eigenvalue weighted by molar-refractivity contribution is 0.430. The summed E-state index contributed by atoms with van der Waals surface area (Å²) in [6.45, 7) is 2.72. The summed E-state index contributed by atoms with van der Waals surface area (Å²) in [5, 5.41) is 4.67. The van der Waals surface area contributed by atoms with Gasteiger partial charge in [0.1, 0.15) is 5.76 Å². The van der Waals surface area contributed by atoms with E-state index in [0.717, 1.165) is 11.3 Å². The van der Waals surface area contributed by atoms with Gasteiger partial charge in [-0.2, -0.15) is 0 Å². The zero-order valence-electron chi connectivity index (χ0n) is 9.41. The summed E-state index contributed by atoms with van der Waals surface area (Å²) in [5.41, 5.74) is 1.02. The molecule has 1 aromatic heterocycles. The molecule has 0 saturated carbocycles. The van der Waals surface area contributed by atoms with Crippen LogP contribution in [0.4, 0.5) is 0 Å². The summed E-state index contributed by atoms with van der Waals surface area (Å²) in [6.07, 6.45) is 1.67.